The highest BCUT2D eigenvalue weighted by molar-refractivity contribution is 5.97. The van der Waals surface area contributed by atoms with Gasteiger partial charge in [-0.1, -0.05) is 24.3 Å². The number of para-hydroxylation sites is 1. The summed E-state index contributed by atoms with van der Waals surface area (Å²) in [6.45, 7) is 0.164. The Hall–Kier alpha value is -2.96. The summed E-state index contributed by atoms with van der Waals surface area (Å²) in [4.78, 5) is 41.0. The minimum absolute atomic E-state index is 0.220. The van der Waals surface area contributed by atoms with E-state index in [0.29, 0.717) is 24.9 Å². The van der Waals surface area contributed by atoms with Gasteiger partial charge in [-0.05, 0) is 25.0 Å². The lowest BCUT2D eigenvalue weighted by atomic mass is 10.2. The second-order valence-corrected chi connectivity index (χ2v) is 5.66. The monoisotopic (exact) mass is 327 g/mol. The summed E-state index contributed by atoms with van der Waals surface area (Å²) >= 11 is 0. The smallest absolute Gasteiger partial charge is 0.326 e. The van der Waals surface area contributed by atoms with E-state index in [1.165, 1.54) is 4.90 Å². The fraction of sp³-hybridized carbons (Fsp3) is 0.294. The Labute approximate surface area is 138 Å². The second kappa shape index (κ2) is 6.66. The second-order valence-electron chi connectivity index (χ2n) is 5.66. The standard InChI is InChI=1S/C17H17N3O4/c21-15(20-9-3-6-14(20)17(23)24)10-18-16(22)13-8-7-11-4-1-2-5-12(11)19-13/h1-2,4-5,7-8,14H,3,6,9-10H2,(H,18,22)(H,23,24)/t14-/m1/s1. The first-order valence-corrected chi connectivity index (χ1v) is 7.72. The van der Waals surface area contributed by atoms with Crippen molar-refractivity contribution in [3.8, 4) is 0 Å². The molecule has 0 spiro atoms. The Morgan fingerprint density at radius 2 is 2.00 bits per heavy atom. The molecule has 1 saturated heterocycles. The molecule has 0 radical (unpaired) electrons. The van der Waals surface area contributed by atoms with Crippen molar-refractivity contribution in [1.82, 2.24) is 15.2 Å². The summed E-state index contributed by atoms with van der Waals surface area (Å²) in [5.41, 5.74) is 0.916. The van der Waals surface area contributed by atoms with E-state index >= 15 is 0 Å². The number of hydrogen-bond acceptors (Lipinski definition) is 4. The van der Waals surface area contributed by atoms with Gasteiger partial charge in [0.05, 0.1) is 12.1 Å². The van der Waals surface area contributed by atoms with Crippen molar-refractivity contribution < 1.29 is 19.5 Å². The van der Waals surface area contributed by atoms with Gasteiger partial charge in [-0.25, -0.2) is 9.78 Å². The maximum Gasteiger partial charge on any atom is 0.326 e. The van der Waals surface area contributed by atoms with E-state index in [0.717, 1.165) is 5.39 Å². The van der Waals surface area contributed by atoms with Gasteiger partial charge in [0, 0.05) is 11.9 Å². The first kappa shape index (κ1) is 15.9. The van der Waals surface area contributed by atoms with Crippen molar-refractivity contribution in [2.24, 2.45) is 0 Å². The number of hydrogen-bond donors (Lipinski definition) is 2. The average molecular weight is 327 g/mol. The summed E-state index contributed by atoms with van der Waals surface area (Å²) in [5, 5.41) is 12.5. The summed E-state index contributed by atoms with van der Waals surface area (Å²) in [6.07, 6.45) is 1.10. The first-order chi connectivity index (χ1) is 11.6. The Balaban J connectivity index is 1.64. The number of pyridine rings is 1. The summed E-state index contributed by atoms with van der Waals surface area (Å²) in [6, 6.07) is 10.0. The maximum atomic E-state index is 12.2. The topological polar surface area (TPSA) is 99.6 Å². The highest BCUT2D eigenvalue weighted by atomic mass is 16.4. The molecule has 0 bridgehead atoms. The Morgan fingerprint density at radius 3 is 2.79 bits per heavy atom. The third-order valence-electron chi connectivity index (χ3n) is 4.09. The maximum absolute atomic E-state index is 12.2. The van der Waals surface area contributed by atoms with Gasteiger partial charge >= 0.3 is 5.97 Å². The molecule has 7 heteroatoms. The normalized spacial score (nSPS) is 17.0. The number of nitrogens with one attached hydrogen (secondary N) is 1. The van der Waals surface area contributed by atoms with Gasteiger partial charge in [0.25, 0.3) is 5.91 Å². The number of amides is 2. The number of carbonyl (C=O) groups is 3. The molecule has 24 heavy (non-hydrogen) atoms. The van der Waals surface area contributed by atoms with Gasteiger partial charge in [0.15, 0.2) is 0 Å². The Kier molecular flexibility index (Phi) is 4.41. The molecule has 1 aliphatic rings. The number of benzene rings is 1. The average Bonchev–Trinajstić information content (AvgIpc) is 3.09. The lowest BCUT2D eigenvalue weighted by Crippen LogP contribution is -2.45. The van der Waals surface area contributed by atoms with Crippen LogP contribution in [-0.2, 0) is 9.59 Å². The molecular weight excluding hydrogens is 310 g/mol. The largest absolute Gasteiger partial charge is 0.480 e. The van der Waals surface area contributed by atoms with E-state index in [2.05, 4.69) is 10.3 Å². The van der Waals surface area contributed by atoms with Gasteiger partial charge in [-0.3, -0.25) is 9.59 Å². The van der Waals surface area contributed by atoms with Crippen LogP contribution in [-0.4, -0.2) is 51.9 Å². The van der Waals surface area contributed by atoms with Crippen molar-refractivity contribution >= 4 is 28.7 Å². The highest BCUT2D eigenvalue weighted by Gasteiger charge is 2.33. The van der Waals surface area contributed by atoms with Crippen LogP contribution in [0.2, 0.25) is 0 Å². The zero-order valence-electron chi connectivity index (χ0n) is 12.9. The van der Waals surface area contributed by atoms with Crippen LogP contribution in [0.25, 0.3) is 10.9 Å². The summed E-state index contributed by atoms with van der Waals surface area (Å²) in [7, 11) is 0. The lowest BCUT2D eigenvalue weighted by molar-refractivity contribution is -0.147. The Bertz CT molecular complexity index is 805. The van der Waals surface area contributed by atoms with E-state index in [-0.39, 0.29) is 12.2 Å². The molecule has 1 fully saturated rings. The first-order valence-electron chi connectivity index (χ1n) is 7.72. The number of carbonyl (C=O) groups excluding carboxylic acids is 2. The summed E-state index contributed by atoms with van der Waals surface area (Å²) in [5.74, 6) is -1.86. The van der Waals surface area contributed by atoms with Gasteiger partial charge < -0.3 is 15.3 Å². The highest BCUT2D eigenvalue weighted by Crippen LogP contribution is 2.17. The molecule has 0 aliphatic carbocycles. The number of nitrogens with zero attached hydrogens (tertiary/aromatic N) is 2. The number of aromatic nitrogens is 1. The van der Waals surface area contributed by atoms with E-state index < -0.39 is 23.8 Å². The third kappa shape index (κ3) is 3.19. The van der Waals surface area contributed by atoms with Crippen LogP contribution < -0.4 is 5.32 Å². The molecule has 3 rings (SSSR count). The minimum atomic E-state index is -1.01. The Morgan fingerprint density at radius 1 is 1.21 bits per heavy atom. The van der Waals surface area contributed by atoms with Crippen LogP contribution >= 0.6 is 0 Å². The van der Waals surface area contributed by atoms with Crippen molar-refractivity contribution in [3.05, 3.63) is 42.1 Å². The third-order valence-corrected chi connectivity index (χ3v) is 4.09. The molecule has 2 heterocycles. The number of fused-ring (bicyclic) bond motifs is 1. The number of carboxylic acids is 1. The number of aliphatic carboxylic acids is 1. The van der Waals surface area contributed by atoms with Crippen LogP contribution in [0.15, 0.2) is 36.4 Å². The predicted octanol–water partition coefficient (Wildman–Crippen LogP) is 1.04. The molecule has 1 aromatic carbocycles. The molecule has 1 aromatic heterocycles. The van der Waals surface area contributed by atoms with Crippen molar-refractivity contribution in [2.45, 2.75) is 18.9 Å². The van der Waals surface area contributed by atoms with Gasteiger partial charge in [0.2, 0.25) is 5.91 Å². The van der Waals surface area contributed by atoms with Crippen LogP contribution in [0.3, 0.4) is 0 Å². The van der Waals surface area contributed by atoms with E-state index in [1.807, 2.05) is 18.2 Å². The molecule has 124 valence electrons. The SMILES string of the molecule is O=C(NCC(=O)N1CCC[C@@H]1C(=O)O)c1ccc2ccccc2n1. The molecule has 1 aliphatic heterocycles. The van der Waals surface area contributed by atoms with E-state index in [1.54, 1.807) is 18.2 Å². The van der Waals surface area contributed by atoms with Gasteiger partial charge in [-0.2, -0.15) is 0 Å². The molecule has 2 aromatic rings. The molecule has 0 saturated carbocycles. The van der Waals surface area contributed by atoms with Crippen LogP contribution in [0.1, 0.15) is 23.3 Å². The molecule has 1 atom stereocenters. The van der Waals surface area contributed by atoms with Crippen molar-refractivity contribution in [3.63, 3.8) is 0 Å². The molecule has 7 nitrogen and oxygen atoms in total. The number of carboxylic acid groups (broad SMARTS) is 1. The van der Waals surface area contributed by atoms with Crippen molar-refractivity contribution in [2.75, 3.05) is 13.1 Å². The number of likely N-dealkylation sites (tertiary alicyclic amines) is 1. The quantitative estimate of drug-likeness (QED) is 0.874. The van der Waals surface area contributed by atoms with Gasteiger partial charge in [0.1, 0.15) is 11.7 Å². The van der Waals surface area contributed by atoms with Crippen LogP contribution in [0, 0.1) is 0 Å². The van der Waals surface area contributed by atoms with Gasteiger partial charge in [-0.15, -0.1) is 0 Å². The zero-order valence-corrected chi connectivity index (χ0v) is 12.9. The minimum Gasteiger partial charge on any atom is -0.480 e. The molecule has 0 unspecified atom stereocenters. The molecule has 2 N–H and O–H groups in total. The molecule has 2 amide bonds. The fourth-order valence-electron chi connectivity index (χ4n) is 2.86. The zero-order chi connectivity index (χ0) is 17.1. The number of rotatable bonds is 4. The fourth-order valence-corrected chi connectivity index (χ4v) is 2.86. The predicted molar refractivity (Wildman–Crippen MR) is 86.4 cm³/mol. The summed E-state index contributed by atoms with van der Waals surface area (Å²) < 4.78 is 0. The van der Waals surface area contributed by atoms with Crippen LogP contribution in [0.4, 0.5) is 0 Å². The van der Waals surface area contributed by atoms with E-state index in [9.17, 15) is 14.4 Å². The van der Waals surface area contributed by atoms with Crippen molar-refractivity contribution in [1.29, 1.82) is 0 Å². The lowest BCUT2D eigenvalue weighted by Gasteiger charge is -2.21. The molecular formula is C17H17N3O4. The van der Waals surface area contributed by atoms with E-state index in [4.69, 9.17) is 5.11 Å². The van der Waals surface area contributed by atoms with Crippen LogP contribution in [0.5, 0.6) is 0 Å².